The molecule has 2 aliphatic rings. The zero-order chi connectivity index (χ0) is 19.2. The number of nitrogens with one attached hydrogen (secondary N) is 4. The van der Waals surface area contributed by atoms with Crippen LogP contribution in [0.5, 0.6) is 0 Å². The Labute approximate surface area is 169 Å². The van der Waals surface area contributed by atoms with Crippen molar-refractivity contribution in [3.05, 3.63) is 0 Å². The highest BCUT2D eigenvalue weighted by Crippen LogP contribution is 2.44. The number of urea groups is 1. The van der Waals surface area contributed by atoms with Crippen molar-refractivity contribution in [2.24, 2.45) is 0 Å². The highest BCUT2D eigenvalue weighted by molar-refractivity contribution is 14.1. The van der Waals surface area contributed by atoms with Crippen LogP contribution >= 0.6 is 34.4 Å². The summed E-state index contributed by atoms with van der Waals surface area (Å²) in [6, 6.07) is -0.720. The van der Waals surface area contributed by atoms with E-state index in [2.05, 4.69) is 21.3 Å². The van der Waals surface area contributed by atoms with Gasteiger partial charge in [-0.15, -0.1) is 11.8 Å². The molecule has 2 heterocycles. The van der Waals surface area contributed by atoms with E-state index >= 15 is 0 Å². The number of aliphatic carboxylic acids is 1. The van der Waals surface area contributed by atoms with Crippen molar-refractivity contribution in [3.63, 3.8) is 0 Å². The summed E-state index contributed by atoms with van der Waals surface area (Å²) in [7, 11) is 0. The lowest BCUT2D eigenvalue weighted by Gasteiger charge is -2.32. The highest BCUT2D eigenvalue weighted by Gasteiger charge is 2.57. The summed E-state index contributed by atoms with van der Waals surface area (Å²) in [5.41, 5.74) is 0. The Morgan fingerprint density at radius 1 is 1.23 bits per heavy atom. The van der Waals surface area contributed by atoms with Gasteiger partial charge in [0.05, 0.1) is 16.5 Å². The van der Waals surface area contributed by atoms with Gasteiger partial charge >= 0.3 is 12.0 Å². The normalized spacial score (nSPS) is 26.6. The van der Waals surface area contributed by atoms with Crippen LogP contribution < -0.4 is 21.3 Å². The maximum atomic E-state index is 12.9. The largest absolute Gasteiger partial charge is 0.481 e. The van der Waals surface area contributed by atoms with Crippen LogP contribution in [-0.2, 0) is 14.4 Å². The maximum Gasteiger partial charge on any atom is 0.315 e. The fourth-order valence-corrected chi connectivity index (χ4v) is 5.15. The number of carboxylic acids is 1. The van der Waals surface area contributed by atoms with E-state index in [-0.39, 0.29) is 36.3 Å². The number of fused-ring (bicyclic) bond motifs is 1. The molecular weight excluding hydrogens is 475 g/mol. The number of carboxylic acid groups (broad SMARTS) is 1. The summed E-state index contributed by atoms with van der Waals surface area (Å²) < 4.78 is -0.466. The molecule has 26 heavy (non-hydrogen) atoms. The van der Waals surface area contributed by atoms with E-state index in [1.807, 2.05) is 22.6 Å². The van der Waals surface area contributed by atoms with Crippen molar-refractivity contribution >= 4 is 58.2 Å². The fraction of sp³-hybridized carbons (Fsp3) is 0.733. The van der Waals surface area contributed by atoms with Crippen LogP contribution in [0.15, 0.2) is 0 Å². The summed E-state index contributed by atoms with van der Waals surface area (Å²) in [4.78, 5) is 46.5. The van der Waals surface area contributed by atoms with Crippen LogP contribution in [0.25, 0.3) is 0 Å². The number of hydrogen-bond acceptors (Lipinski definition) is 5. The van der Waals surface area contributed by atoms with Gasteiger partial charge in [0.25, 0.3) is 0 Å². The minimum Gasteiger partial charge on any atom is -0.481 e. The van der Waals surface area contributed by atoms with Crippen LogP contribution in [0.4, 0.5) is 4.79 Å². The SMILES string of the molecule is O=C(O)CCCC[C@]1(C(=O)NCCNC(=O)CI)SC[C@@H]2NC(=O)N[C@@H]21. The van der Waals surface area contributed by atoms with E-state index in [9.17, 15) is 19.2 Å². The molecule has 146 valence electrons. The van der Waals surface area contributed by atoms with Crippen LogP contribution in [-0.4, -0.2) is 69.0 Å². The molecule has 0 aromatic rings. The van der Waals surface area contributed by atoms with Gasteiger partial charge < -0.3 is 26.4 Å². The number of hydrogen-bond donors (Lipinski definition) is 5. The first kappa shape index (κ1) is 21.1. The molecule has 0 aliphatic carbocycles. The molecule has 2 rings (SSSR count). The Kier molecular flexibility index (Phi) is 7.80. The van der Waals surface area contributed by atoms with Gasteiger partial charge in [0, 0.05) is 25.3 Å². The Morgan fingerprint density at radius 2 is 1.96 bits per heavy atom. The summed E-state index contributed by atoms with van der Waals surface area (Å²) >= 11 is 3.46. The predicted molar refractivity (Wildman–Crippen MR) is 105 cm³/mol. The molecule has 0 unspecified atom stereocenters. The van der Waals surface area contributed by atoms with Crippen molar-refractivity contribution in [1.82, 2.24) is 21.3 Å². The average Bonchev–Trinajstić information content (AvgIpc) is 3.13. The van der Waals surface area contributed by atoms with Gasteiger partial charge in [0.2, 0.25) is 11.8 Å². The molecule has 9 nitrogen and oxygen atoms in total. The molecular formula is C15H23IN4O5S. The summed E-state index contributed by atoms with van der Waals surface area (Å²) in [5, 5.41) is 20.0. The van der Waals surface area contributed by atoms with E-state index < -0.39 is 10.7 Å². The second-order valence-electron chi connectivity index (χ2n) is 6.24. The number of carbonyl (C=O) groups excluding carboxylic acids is 3. The molecule has 3 atom stereocenters. The molecule has 0 saturated carbocycles. The van der Waals surface area contributed by atoms with Crippen LogP contribution in [0.1, 0.15) is 25.7 Å². The lowest BCUT2D eigenvalue weighted by Crippen LogP contribution is -2.56. The Bertz CT molecular complexity index is 578. The average molecular weight is 498 g/mol. The fourth-order valence-electron chi connectivity index (χ4n) is 3.23. The number of rotatable bonds is 10. The molecule has 2 fully saturated rings. The second kappa shape index (κ2) is 9.62. The standard InChI is InChI=1S/C15H23IN4O5S/c16-7-10(21)17-5-6-18-13(24)15(4-2-1-3-11(22)23)12-9(8-26-15)19-14(25)20-12/h9,12H,1-8H2,(H,17,21)(H,18,24)(H,22,23)(H2,19,20,25)/t9-,12-,15-/m0/s1. The van der Waals surface area contributed by atoms with Crippen LogP contribution in [0.2, 0.25) is 0 Å². The summed E-state index contributed by atoms with van der Waals surface area (Å²) in [6.07, 6.45) is 1.61. The van der Waals surface area contributed by atoms with Crippen molar-refractivity contribution in [1.29, 1.82) is 0 Å². The van der Waals surface area contributed by atoms with Crippen LogP contribution in [0.3, 0.4) is 0 Å². The number of halogens is 1. The zero-order valence-corrected chi connectivity index (χ0v) is 17.2. The third-order valence-electron chi connectivity index (χ3n) is 4.46. The molecule has 5 N–H and O–H groups in total. The molecule has 0 aromatic heterocycles. The second-order valence-corrected chi connectivity index (χ2v) is 8.36. The Hall–Kier alpha value is -1.24. The van der Waals surface area contributed by atoms with E-state index in [4.69, 9.17) is 5.11 Å². The Balaban J connectivity index is 1.96. The number of amides is 4. The molecule has 0 bridgehead atoms. The molecule has 0 aromatic carbocycles. The third-order valence-corrected chi connectivity index (χ3v) is 6.83. The zero-order valence-electron chi connectivity index (χ0n) is 14.2. The molecule has 0 spiro atoms. The minimum absolute atomic E-state index is 0.0589. The van der Waals surface area contributed by atoms with Gasteiger partial charge in [0.1, 0.15) is 4.75 Å². The molecule has 2 saturated heterocycles. The number of carbonyl (C=O) groups is 4. The van der Waals surface area contributed by atoms with E-state index in [1.54, 1.807) is 0 Å². The highest BCUT2D eigenvalue weighted by atomic mass is 127. The first-order valence-electron chi connectivity index (χ1n) is 8.43. The van der Waals surface area contributed by atoms with Gasteiger partial charge in [0.15, 0.2) is 0 Å². The van der Waals surface area contributed by atoms with Crippen molar-refractivity contribution < 1.29 is 24.3 Å². The van der Waals surface area contributed by atoms with Crippen LogP contribution in [0, 0.1) is 0 Å². The van der Waals surface area contributed by atoms with Gasteiger partial charge in [-0.05, 0) is 12.8 Å². The molecule has 4 amide bonds. The van der Waals surface area contributed by atoms with Gasteiger partial charge in [-0.1, -0.05) is 29.0 Å². The van der Waals surface area contributed by atoms with Gasteiger partial charge in [-0.25, -0.2) is 4.79 Å². The first-order chi connectivity index (χ1) is 12.4. The molecule has 11 heteroatoms. The maximum absolute atomic E-state index is 12.9. The van der Waals surface area contributed by atoms with E-state index in [1.165, 1.54) is 11.8 Å². The summed E-state index contributed by atoms with van der Waals surface area (Å²) in [6.45, 7) is 0.642. The predicted octanol–water partition coefficient (Wildman–Crippen LogP) is -0.166. The van der Waals surface area contributed by atoms with Gasteiger partial charge in [-0.3, -0.25) is 14.4 Å². The van der Waals surface area contributed by atoms with E-state index in [0.29, 0.717) is 42.5 Å². The quantitative estimate of drug-likeness (QED) is 0.123. The number of thioether (sulfide) groups is 1. The first-order valence-corrected chi connectivity index (χ1v) is 10.9. The van der Waals surface area contributed by atoms with Crippen molar-refractivity contribution in [2.75, 3.05) is 23.3 Å². The molecule has 0 radical (unpaired) electrons. The van der Waals surface area contributed by atoms with E-state index in [0.717, 1.165) is 0 Å². The topological polar surface area (TPSA) is 137 Å². The number of unbranched alkanes of at least 4 members (excludes halogenated alkanes) is 1. The monoisotopic (exact) mass is 498 g/mol. The van der Waals surface area contributed by atoms with Gasteiger partial charge in [-0.2, -0.15) is 0 Å². The molecule has 2 aliphatic heterocycles. The Morgan fingerprint density at radius 3 is 2.65 bits per heavy atom. The minimum atomic E-state index is -0.859. The van der Waals surface area contributed by atoms with Crippen molar-refractivity contribution in [3.8, 4) is 0 Å². The van der Waals surface area contributed by atoms with Crippen molar-refractivity contribution in [2.45, 2.75) is 42.5 Å². The lowest BCUT2D eigenvalue weighted by atomic mass is 9.88. The summed E-state index contributed by atoms with van der Waals surface area (Å²) in [5.74, 6) is -0.507. The smallest absolute Gasteiger partial charge is 0.315 e. The number of alkyl halides is 1. The lowest BCUT2D eigenvalue weighted by molar-refractivity contribution is -0.137. The third kappa shape index (κ3) is 5.15.